The topological polar surface area (TPSA) is 82.8 Å². The predicted octanol–water partition coefficient (Wildman–Crippen LogP) is 2.94. The van der Waals surface area contributed by atoms with Crippen molar-refractivity contribution in [2.45, 2.75) is 33.4 Å². The van der Waals surface area contributed by atoms with Crippen LogP contribution in [0.5, 0.6) is 0 Å². The molecule has 2 N–H and O–H groups in total. The Morgan fingerprint density at radius 3 is 2.65 bits per heavy atom. The maximum absolute atomic E-state index is 12.5. The van der Waals surface area contributed by atoms with E-state index in [0.717, 1.165) is 22.5 Å². The molecule has 2 aromatic rings. The van der Waals surface area contributed by atoms with E-state index in [1.165, 1.54) is 6.07 Å². The maximum atomic E-state index is 12.5. The number of fused-ring (bicyclic) bond motifs is 1. The van der Waals surface area contributed by atoms with Crippen LogP contribution in [0.1, 0.15) is 34.4 Å². The molecule has 0 fully saturated rings. The summed E-state index contributed by atoms with van der Waals surface area (Å²) in [6, 6.07) is 6.62. The van der Waals surface area contributed by atoms with Gasteiger partial charge in [-0.3, -0.25) is 4.79 Å². The van der Waals surface area contributed by atoms with Crippen LogP contribution in [-0.4, -0.2) is 23.0 Å². The van der Waals surface area contributed by atoms with Gasteiger partial charge in [-0.15, -0.1) is 0 Å². The molecule has 0 aliphatic carbocycles. The molecule has 6 nitrogen and oxygen atoms in total. The van der Waals surface area contributed by atoms with Gasteiger partial charge in [0.25, 0.3) is 0 Å². The third kappa shape index (κ3) is 2.67. The van der Waals surface area contributed by atoms with Crippen molar-refractivity contribution in [2.24, 2.45) is 0 Å². The van der Waals surface area contributed by atoms with Crippen LogP contribution in [0.25, 0.3) is 0 Å². The highest BCUT2D eigenvalue weighted by Crippen LogP contribution is 2.35. The number of aromatic carboxylic acids is 1. The van der Waals surface area contributed by atoms with E-state index < -0.39 is 5.97 Å². The molecule has 0 saturated carbocycles. The third-order valence-corrected chi connectivity index (χ3v) is 4.10. The molecule has 0 bridgehead atoms. The standard InChI is InChI=1S/C17H18N2O4/c1-9-6-13-14(7-10(9)2)19(16(20)11(3)18-13)8-12-4-5-15(23-12)17(21)22/h4-7,11,18H,8H2,1-3H3,(H,21,22). The number of carboxylic acids is 1. The van der Waals surface area contributed by atoms with E-state index in [4.69, 9.17) is 9.52 Å². The molecule has 1 aromatic carbocycles. The van der Waals surface area contributed by atoms with Crippen LogP contribution >= 0.6 is 0 Å². The fraction of sp³-hybridized carbons (Fsp3) is 0.294. The normalized spacial score (nSPS) is 16.9. The van der Waals surface area contributed by atoms with Gasteiger partial charge in [0.15, 0.2) is 0 Å². The van der Waals surface area contributed by atoms with Crippen molar-refractivity contribution in [1.82, 2.24) is 0 Å². The number of carboxylic acid groups (broad SMARTS) is 1. The number of carbonyl (C=O) groups is 2. The van der Waals surface area contributed by atoms with E-state index in [-0.39, 0.29) is 24.3 Å². The van der Waals surface area contributed by atoms with Crippen LogP contribution in [0, 0.1) is 13.8 Å². The van der Waals surface area contributed by atoms with Gasteiger partial charge in [-0.1, -0.05) is 0 Å². The molecule has 6 heteroatoms. The van der Waals surface area contributed by atoms with Gasteiger partial charge < -0.3 is 19.7 Å². The molecule has 1 amide bonds. The zero-order valence-electron chi connectivity index (χ0n) is 13.2. The van der Waals surface area contributed by atoms with Crippen LogP contribution in [0.4, 0.5) is 11.4 Å². The van der Waals surface area contributed by atoms with Crippen LogP contribution < -0.4 is 10.2 Å². The Bertz CT molecular complexity index is 794. The van der Waals surface area contributed by atoms with E-state index in [2.05, 4.69) is 5.32 Å². The van der Waals surface area contributed by atoms with Crippen molar-refractivity contribution < 1.29 is 19.1 Å². The highest BCUT2D eigenvalue weighted by Gasteiger charge is 2.30. The van der Waals surface area contributed by atoms with Crippen LogP contribution in [-0.2, 0) is 11.3 Å². The molecule has 3 rings (SSSR count). The Morgan fingerprint density at radius 1 is 1.30 bits per heavy atom. The van der Waals surface area contributed by atoms with E-state index >= 15 is 0 Å². The van der Waals surface area contributed by atoms with Crippen molar-refractivity contribution in [3.8, 4) is 0 Å². The summed E-state index contributed by atoms with van der Waals surface area (Å²) in [5, 5.41) is 12.1. The number of aryl methyl sites for hydroxylation is 2. The average molecular weight is 314 g/mol. The van der Waals surface area contributed by atoms with Gasteiger partial charge in [0.2, 0.25) is 11.7 Å². The number of hydrogen-bond acceptors (Lipinski definition) is 4. The maximum Gasteiger partial charge on any atom is 0.371 e. The zero-order chi connectivity index (χ0) is 16.7. The Hall–Kier alpha value is -2.76. The van der Waals surface area contributed by atoms with Gasteiger partial charge in [0.05, 0.1) is 17.9 Å². The third-order valence-electron chi connectivity index (χ3n) is 4.10. The van der Waals surface area contributed by atoms with Crippen molar-refractivity contribution in [3.63, 3.8) is 0 Å². The Kier molecular flexibility index (Phi) is 3.60. The quantitative estimate of drug-likeness (QED) is 0.910. The largest absolute Gasteiger partial charge is 0.475 e. The van der Waals surface area contributed by atoms with E-state index in [1.54, 1.807) is 17.9 Å². The van der Waals surface area contributed by atoms with Gasteiger partial charge in [0, 0.05) is 0 Å². The van der Waals surface area contributed by atoms with E-state index in [1.807, 2.05) is 26.0 Å². The monoisotopic (exact) mass is 314 g/mol. The number of amides is 1. The van der Waals surface area contributed by atoms with Gasteiger partial charge in [-0.2, -0.15) is 0 Å². The van der Waals surface area contributed by atoms with Crippen LogP contribution in [0.3, 0.4) is 0 Å². The van der Waals surface area contributed by atoms with Crippen LogP contribution in [0.2, 0.25) is 0 Å². The first-order valence-corrected chi connectivity index (χ1v) is 7.38. The Balaban J connectivity index is 1.98. The molecule has 1 atom stereocenters. The lowest BCUT2D eigenvalue weighted by Crippen LogP contribution is -2.45. The second kappa shape index (κ2) is 5.46. The second-order valence-corrected chi connectivity index (χ2v) is 5.82. The number of benzene rings is 1. The number of carbonyl (C=O) groups excluding carboxylic acids is 1. The van der Waals surface area contributed by atoms with E-state index in [9.17, 15) is 9.59 Å². The summed E-state index contributed by atoms with van der Waals surface area (Å²) in [4.78, 5) is 25.1. The molecule has 1 aliphatic heterocycles. The molecule has 23 heavy (non-hydrogen) atoms. The smallest absolute Gasteiger partial charge is 0.371 e. The first-order valence-electron chi connectivity index (χ1n) is 7.38. The number of hydrogen-bond donors (Lipinski definition) is 2. The molecule has 2 heterocycles. The summed E-state index contributed by atoms with van der Waals surface area (Å²) in [5.74, 6) is -0.887. The fourth-order valence-electron chi connectivity index (χ4n) is 2.68. The van der Waals surface area contributed by atoms with Crippen molar-refractivity contribution >= 4 is 23.3 Å². The van der Waals surface area contributed by atoms with E-state index in [0.29, 0.717) is 5.76 Å². The summed E-state index contributed by atoms with van der Waals surface area (Å²) in [7, 11) is 0. The summed E-state index contributed by atoms with van der Waals surface area (Å²) in [6.45, 7) is 6.02. The Morgan fingerprint density at radius 2 is 2.00 bits per heavy atom. The minimum Gasteiger partial charge on any atom is -0.475 e. The number of anilines is 2. The summed E-state index contributed by atoms with van der Waals surface area (Å²) in [5.41, 5.74) is 3.90. The molecule has 1 aliphatic rings. The molecular formula is C17H18N2O4. The summed E-state index contributed by atoms with van der Waals surface area (Å²) in [6.07, 6.45) is 0. The first-order chi connectivity index (χ1) is 10.9. The number of nitrogens with zero attached hydrogens (tertiary/aromatic N) is 1. The van der Waals surface area contributed by atoms with Crippen molar-refractivity contribution in [2.75, 3.05) is 10.2 Å². The van der Waals surface area contributed by atoms with Crippen molar-refractivity contribution in [1.29, 1.82) is 0 Å². The molecule has 0 saturated heterocycles. The number of nitrogens with one attached hydrogen (secondary N) is 1. The minimum absolute atomic E-state index is 0.0750. The van der Waals surface area contributed by atoms with Gasteiger partial charge in [-0.25, -0.2) is 4.79 Å². The molecule has 1 aromatic heterocycles. The Labute approximate surface area is 133 Å². The number of furan rings is 1. The average Bonchev–Trinajstić information content (AvgIpc) is 2.95. The highest BCUT2D eigenvalue weighted by molar-refractivity contribution is 6.04. The van der Waals surface area contributed by atoms with Crippen LogP contribution in [0.15, 0.2) is 28.7 Å². The molecular weight excluding hydrogens is 296 g/mol. The molecule has 0 radical (unpaired) electrons. The van der Waals surface area contributed by atoms with Gasteiger partial charge >= 0.3 is 5.97 Å². The lowest BCUT2D eigenvalue weighted by atomic mass is 10.0. The molecule has 0 spiro atoms. The predicted molar refractivity (Wildman–Crippen MR) is 85.9 cm³/mol. The minimum atomic E-state index is -1.12. The lowest BCUT2D eigenvalue weighted by Gasteiger charge is -2.34. The van der Waals surface area contributed by atoms with Gasteiger partial charge in [-0.05, 0) is 56.2 Å². The highest BCUT2D eigenvalue weighted by atomic mass is 16.4. The molecule has 1 unspecified atom stereocenters. The lowest BCUT2D eigenvalue weighted by molar-refractivity contribution is -0.119. The summed E-state index contributed by atoms with van der Waals surface area (Å²) >= 11 is 0. The second-order valence-electron chi connectivity index (χ2n) is 5.82. The van der Waals surface area contributed by atoms with Gasteiger partial charge in [0.1, 0.15) is 11.8 Å². The fourth-order valence-corrected chi connectivity index (χ4v) is 2.68. The molecule has 120 valence electrons. The zero-order valence-corrected chi connectivity index (χ0v) is 13.2. The SMILES string of the molecule is Cc1cc2c(cc1C)N(Cc1ccc(C(=O)O)o1)C(=O)C(C)N2. The first kappa shape index (κ1) is 15.1. The summed E-state index contributed by atoms with van der Waals surface area (Å²) < 4.78 is 5.29. The van der Waals surface area contributed by atoms with Crippen molar-refractivity contribution in [3.05, 3.63) is 46.9 Å². The number of rotatable bonds is 3.